The van der Waals surface area contributed by atoms with Gasteiger partial charge in [0, 0.05) is 6.42 Å². The molecule has 2 heteroatoms. The van der Waals surface area contributed by atoms with Crippen molar-refractivity contribution in [2.24, 2.45) is 11.3 Å². The molecule has 0 N–H and O–H groups in total. The van der Waals surface area contributed by atoms with Crippen LogP contribution in [0.25, 0.3) is 0 Å². The van der Waals surface area contributed by atoms with Crippen molar-refractivity contribution in [3.63, 3.8) is 0 Å². The van der Waals surface area contributed by atoms with Crippen molar-refractivity contribution in [3.05, 3.63) is 12.7 Å². The summed E-state index contributed by atoms with van der Waals surface area (Å²) >= 11 is 0. The molecule has 0 aliphatic heterocycles. The molecule has 0 fully saturated rings. The minimum atomic E-state index is -0.321. The molecule has 0 amide bonds. The van der Waals surface area contributed by atoms with Crippen LogP contribution in [0.3, 0.4) is 0 Å². The summed E-state index contributed by atoms with van der Waals surface area (Å²) in [5, 5.41) is 0. The molecule has 0 rings (SSSR count). The van der Waals surface area contributed by atoms with E-state index in [4.69, 9.17) is 4.74 Å². The predicted octanol–water partition coefficient (Wildman–Crippen LogP) is 3.22. The van der Waals surface area contributed by atoms with Gasteiger partial charge in [-0.25, -0.2) is 0 Å². The third-order valence-corrected chi connectivity index (χ3v) is 2.07. The lowest BCUT2D eigenvalue weighted by Gasteiger charge is -2.29. The van der Waals surface area contributed by atoms with E-state index in [1.165, 1.54) is 0 Å². The van der Waals surface area contributed by atoms with Gasteiger partial charge in [0.05, 0.1) is 6.61 Å². The molecule has 0 saturated heterocycles. The molecule has 0 bridgehead atoms. The van der Waals surface area contributed by atoms with E-state index in [9.17, 15) is 4.79 Å². The van der Waals surface area contributed by atoms with Gasteiger partial charge in [0.2, 0.25) is 0 Å². The molecule has 1 atom stereocenters. The van der Waals surface area contributed by atoms with Crippen LogP contribution < -0.4 is 0 Å². The Morgan fingerprint density at radius 3 is 2.27 bits per heavy atom. The maximum atomic E-state index is 11.9. The number of carbonyl (C=O) groups excluding carboxylic acids is 1. The molecule has 0 spiro atoms. The first-order valence-electron chi connectivity index (χ1n) is 5.54. The highest BCUT2D eigenvalue weighted by Gasteiger charge is 2.31. The fraction of sp³-hybridized carbons (Fsp3) is 0.769. The monoisotopic (exact) mass is 212 g/mol. The molecular weight excluding hydrogens is 188 g/mol. The number of hydrogen-bond acceptors (Lipinski definition) is 2. The van der Waals surface area contributed by atoms with Crippen molar-refractivity contribution in [2.75, 3.05) is 6.61 Å². The van der Waals surface area contributed by atoms with E-state index in [0.29, 0.717) is 18.9 Å². The second-order valence-electron chi connectivity index (χ2n) is 5.43. The Balaban J connectivity index is 4.48. The van der Waals surface area contributed by atoms with Crippen LogP contribution in [0.15, 0.2) is 12.7 Å². The van der Waals surface area contributed by atoms with Crippen LogP contribution >= 0.6 is 0 Å². The molecule has 2 nitrogen and oxygen atoms in total. The minimum absolute atomic E-state index is 0.144. The molecule has 0 aromatic heterocycles. The average Bonchev–Trinajstić information content (AvgIpc) is 2.00. The number of carbonyl (C=O) groups is 1. The Hall–Kier alpha value is -0.630. The third kappa shape index (κ3) is 5.73. The van der Waals surface area contributed by atoms with Gasteiger partial charge in [0.15, 0.2) is 5.78 Å². The summed E-state index contributed by atoms with van der Waals surface area (Å²) in [4.78, 5) is 11.9. The first-order valence-corrected chi connectivity index (χ1v) is 5.54. The maximum Gasteiger partial charge on any atom is 0.162 e. The third-order valence-electron chi connectivity index (χ3n) is 2.07. The molecule has 1 unspecified atom stereocenters. The smallest absolute Gasteiger partial charge is 0.162 e. The minimum Gasteiger partial charge on any atom is -0.366 e. The van der Waals surface area contributed by atoms with Crippen LogP contribution in [-0.4, -0.2) is 18.5 Å². The van der Waals surface area contributed by atoms with Gasteiger partial charge in [0.1, 0.15) is 6.10 Å². The summed E-state index contributed by atoms with van der Waals surface area (Å²) in [7, 11) is 0. The van der Waals surface area contributed by atoms with E-state index in [2.05, 4.69) is 6.58 Å². The molecule has 0 aliphatic carbocycles. The Kier molecular flexibility index (Phi) is 5.81. The zero-order valence-electron chi connectivity index (χ0n) is 10.7. The van der Waals surface area contributed by atoms with E-state index in [1.807, 2.05) is 34.6 Å². The zero-order valence-corrected chi connectivity index (χ0v) is 10.7. The Bertz CT molecular complexity index is 211. The molecule has 0 aromatic carbocycles. The SMILES string of the molecule is C=CCOC(C(=O)CC(C)C)C(C)(C)C. The van der Waals surface area contributed by atoms with E-state index in [1.54, 1.807) is 6.08 Å². The van der Waals surface area contributed by atoms with Crippen molar-refractivity contribution in [2.45, 2.75) is 47.1 Å². The van der Waals surface area contributed by atoms with Gasteiger partial charge in [-0.3, -0.25) is 4.79 Å². The summed E-state index contributed by atoms with van der Waals surface area (Å²) in [5.74, 6) is 0.578. The summed E-state index contributed by atoms with van der Waals surface area (Å²) in [6.07, 6.45) is 1.94. The molecule has 0 saturated carbocycles. The second-order valence-corrected chi connectivity index (χ2v) is 5.43. The van der Waals surface area contributed by atoms with Crippen LogP contribution in [-0.2, 0) is 9.53 Å². The van der Waals surface area contributed by atoms with E-state index in [0.717, 1.165) is 0 Å². The summed E-state index contributed by atoms with van der Waals surface area (Å²) in [5.41, 5.74) is -0.144. The van der Waals surface area contributed by atoms with Gasteiger partial charge in [-0.1, -0.05) is 40.7 Å². The molecule has 0 radical (unpaired) electrons. The van der Waals surface area contributed by atoms with Gasteiger partial charge >= 0.3 is 0 Å². The molecule has 0 aliphatic rings. The first-order chi connectivity index (χ1) is 6.79. The van der Waals surface area contributed by atoms with Crippen molar-refractivity contribution in [3.8, 4) is 0 Å². The number of Topliss-reactive ketones (excluding diaryl/α,β-unsaturated/α-hetero) is 1. The Morgan fingerprint density at radius 1 is 1.40 bits per heavy atom. The number of hydrogen-bond donors (Lipinski definition) is 0. The lowest BCUT2D eigenvalue weighted by atomic mass is 9.84. The van der Waals surface area contributed by atoms with Crippen molar-refractivity contribution in [1.29, 1.82) is 0 Å². The average molecular weight is 212 g/mol. The highest BCUT2D eigenvalue weighted by molar-refractivity contribution is 5.84. The molecule has 0 aromatic rings. The normalized spacial score (nSPS) is 14.0. The van der Waals surface area contributed by atoms with E-state index in [-0.39, 0.29) is 17.3 Å². The van der Waals surface area contributed by atoms with Gasteiger partial charge in [0.25, 0.3) is 0 Å². The Morgan fingerprint density at radius 2 is 1.93 bits per heavy atom. The predicted molar refractivity (Wildman–Crippen MR) is 63.9 cm³/mol. The number of ketones is 1. The number of ether oxygens (including phenoxy) is 1. The largest absolute Gasteiger partial charge is 0.366 e. The topological polar surface area (TPSA) is 26.3 Å². The fourth-order valence-electron chi connectivity index (χ4n) is 1.50. The van der Waals surface area contributed by atoms with Gasteiger partial charge in [-0.2, -0.15) is 0 Å². The van der Waals surface area contributed by atoms with Gasteiger partial charge in [-0.15, -0.1) is 6.58 Å². The highest BCUT2D eigenvalue weighted by Crippen LogP contribution is 2.25. The van der Waals surface area contributed by atoms with Gasteiger partial charge < -0.3 is 4.74 Å². The highest BCUT2D eigenvalue weighted by atomic mass is 16.5. The van der Waals surface area contributed by atoms with Crippen molar-refractivity contribution >= 4 is 5.78 Å². The first kappa shape index (κ1) is 14.4. The van der Waals surface area contributed by atoms with Crippen LogP contribution in [0.5, 0.6) is 0 Å². The lowest BCUT2D eigenvalue weighted by Crippen LogP contribution is -2.37. The van der Waals surface area contributed by atoms with Crippen molar-refractivity contribution in [1.82, 2.24) is 0 Å². The second kappa shape index (κ2) is 6.06. The molecule has 0 heterocycles. The Labute approximate surface area is 93.7 Å². The van der Waals surface area contributed by atoms with Crippen LogP contribution in [0, 0.1) is 11.3 Å². The molecular formula is C13H24O2. The van der Waals surface area contributed by atoms with Crippen LogP contribution in [0.2, 0.25) is 0 Å². The van der Waals surface area contributed by atoms with E-state index >= 15 is 0 Å². The summed E-state index contributed by atoms with van der Waals surface area (Å²) in [6.45, 7) is 14.2. The molecule has 15 heavy (non-hydrogen) atoms. The molecule has 88 valence electrons. The van der Waals surface area contributed by atoms with E-state index < -0.39 is 0 Å². The van der Waals surface area contributed by atoms with Gasteiger partial charge in [-0.05, 0) is 11.3 Å². The number of rotatable bonds is 6. The fourth-order valence-corrected chi connectivity index (χ4v) is 1.50. The van der Waals surface area contributed by atoms with Crippen LogP contribution in [0.1, 0.15) is 41.0 Å². The quantitative estimate of drug-likeness (QED) is 0.632. The maximum absolute atomic E-state index is 11.9. The lowest BCUT2D eigenvalue weighted by molar-refractivity contribution is -0.137. The van der Waals surface area contributed by atoms with Crippen molar-refractivity contribution < 1.29 is 9.53 Å². The summed E-state index contributed by atoms with van der Waals surface area (Å²) < 4.78 is 5.55. The zero-order chi connectivity index (χ0) is 12.1. The van der Waals surface area contributed by atoms with Crippen LogP contribution in [0.4, 0.5) is 0 Å². The summed E-state index contributed by atoms with van der Waals surface area (Å²) in [6, 6.07) is 0. The standard InChI is InChI=1S/C13H24O2/c1-7-8-15-12(13(4,5)6)11(14)9-10(2)3/h7,10,12H,1,8-9H2,2-6H3.